The number of hydrogen-bond acceptors (Lipinski definition) is 16. The van der Waals surface area contributed by atoms with E-state index in [1.807, 2.05) is 9.80 Å². The summed E-state index contributed by atoms with van der Waals surface area (Å²) in [4.78, 5) is 108. The molecule has 0 bridgehead atoms. The maximum absolute atomic E-state index is 13.5. The summed E-state index contributed by atoms with van der Waals surface area (Å²) in [6.45, 7) is 1.94. The average Bonchev–Trinajstić information content (AvgIpc) is 1.61. The average molecular weight is 1610 g/mol. The molecule has 0 radical (unpaired) electrons. The van der Waals surface area contributed by atoms with Crippen molar-refractivity contribution in [2.75, 3.05) is 105 Å². The molecule has 28 nitrogen and oxygen atoms in total. The van der Waals surface area contributed by atoms with Gasteiger partial charge in [-0.05, 0) is 135 Å². The smallest absolute Gasteiger partial charge is 0.471 e. The lowest BCUT2D eigenvalue weighted by Crippen LogP contribution is -2.58. The van der Waals surface area contributed by atoms with Crippen LogP contribution in [-0.4, -0.2) is 247 Å². The molecule has 2 aliphatic carbocycles. The van der Waals surface area contributed by atoms with E-state index in [0.29, 0.717) is 57.3 Å². The number of fused-ring (bicyclic) bond motifs is 2. The Balaban J connectivity index is 0.556. The molecule has 6 aliphatic rings. The van der Waals surface area contributed by atoms with E-state index >= 15 is 0 Å². The topological polar surface area (TPSA) is 339 Å². The molecule has 4 aromatic rings. The van der Waals surface area contributed by atoms with Crippen LogP contribution in [0.2, 0.25) is 20.1 Å². The van der Waals surface area contributed by atoms with E-state index in [9.17, 15) is 81.5 Å². The van der Waals surface area contributed by atoms with Crippen molar-refractivity contribution in [1.29, 1.82) is 0 Å². The number of carbonyl (C=O) groups is 8. The number of amides is 10. The van der Waals surface area contributed by atoms with E-state index in [1.54, 1.807) is 24.3 Å². The van der Waals surface area contributed by atoms with Gasteiger partial charge < -0.3 is 61.0 Å². The normalized spacial score (nSPS) is 22.1. The molecule has 10 rings (SSSR count). The number of unbranched alkanes of at least 4 members (excludes halogenated alkanes) is 1. The summed E-state index contributed by atoms with van der Waals surface area (Å²) < 4.78 is 152. The number of alkyl halides is 6. The Morgan fingerprint density at radius 1 is 0.481 bits per heavy atom. The Kier molecular flexibility index (Phi) is 26.1. The van der Waals surface area contributed by atoms with Gasteiger partial charge in [0.25, 0.3) is 0 Å². The van der Waals surface area contributed by atoms with Gasteiger partial charge in [0.1, 0.15) is 23.7 Å². The summed E-state index contributed by atoms with van der Waals surface area (Å²) in [5, 5.41) is 16.2. The van der Waals surface area contributed by atoms with Gasteiger partial charge >= 0.3 is 36.2 Å². The van der Waals surface area contributed by atoms with E-state index in [-0.39, 0.29) is 101 Å². The summed E-state index contributed by atoms with van der Waals surface area (Å²) >= 11 is 26.0. The lowest BCUT2D eigenvalue weighted by atomic mass is 10.0. The highest BCUT2D eigenvalue weighted by Gasteiger charge is 2.50. The number of ether oxygens (including phenoxy) is 2. The third-order valence-electron chi connectivity index (χ3n) is 19.1. The van der Waals surface area contributed by atoms with Gasteiger partial charge in [-0.2, -0.15) is 26.3 Å². The van der Waals surface area contributed by atoms with Gasteiger partial charge in [-0.3, -0.25) is 38.6 Å². The predicted molar refractivity (Wildman–Crippen MR) is 374 cm³/mol. The Morgan fingerprint density at radius 3 is 1.20 bits per heavy atom. The molecule has 4 aliphatic heterocycles. The van der Waals surface area contributed by atoms with Crippen molar-refractivity contribution < 1.29 is 91.0 Å². The van der Waals surface area contributed by atoms with Crippen molar-refractivity contribution in [1.82, 2.24) is 70.7 Å². The molecular formula is C66H78Cl4F6N14O14S2. The monoisotopic (exact) mass is 1610 g/mol. The fourth-order valence-corrected chi connectivity index (χ4v) is 17.7. The molecular weight excluding hydrogens is 1530 g/mol. The molecule has 8 atom stereocenters. The zero-order valence-electron chi connectivity index (χ0n) is 57.1. The fraction of sp³-hybridized carbons (Fsp3) is 0.515. The van der Waals surface area contributed by atoms with Crippen molar-refractivity contribution in [3.05, 3.63) is 115 Å². The lowest BCUT2D eigenvalue weighted by Gasteiger charge is -2.44. The molecule has 0 aromatic heterocycles. The number of carbonyl (C=O) groups excluding carboxylic acids is 8. The first kappa shape index (κ1) is 80.9. The second-order valence-electron chi connectivity index (χ2n) is 26.5. The third kappa shape index (κ3) is 20.4. The number of sulfonamides is 2. The van der Waals surface area contributed by atoms with Crippen molar-refractivity contribution in [2.45, 2.75) is 123 Å². The zero-order valence-corrected chi connectivity index (χ0v) is 61.8. The van der Waals surface area contributed by atoms with Gasteiger partial charge in [0.05, 0.1) is 48.1 Å². The van der Waals surface area contributed by atoms with Crippen LogP contribution in [0.4, 0.5) is 35.9 Å². The Labute approximate surface area is 626 Å². The van der Waals surface area contributed by atoms with Crippen molar-refractivity contribution in [2.24, 2.45) is 0 Å². The van der Waals surface area contributed by atoms with Crippen LogP contribution in [0, 0.1) is 0 Å². The number of likely N-dealkylation sites (tertiary alicyclic amines) is 2. The predicted octanol–water partition coefficient (Wildman–Crippen LogP) is 4.65. The Bertz CT molecular complexity index is 3940. The number of rotatable bonds is 25. The fourth-order valence-electron chi connectivity index (χ4n) is 14.0. The molecule has 4 saturated heterocycles. The standard InChI is InChI=1S/C66H78Cl4F6N14O14S2/c1-37-33-87(19-21-89(37)61(95)65(71,72)73)59-49-23-39(67)25-51(69)47(49)27-53(59)103-43-5-9-45(10-6-43)105(99,100)83-41-13-17-85(35-41)57(93)31-79-55(91)29-81-63(97)77-15-3-4-16-78-64(98)82-30-56(92)80-32-58(94)86-18-14-42(36-86)84-106(101,102)46-11-7-44(8-12-46)104-54-28-48-50(24-40(68)26-52(48)70)60(54)88-20-22-90(38(2)34-88)62(96)66(74,75)76/h5-12,23-26,37-38,41-42,53-54,59-60,83-84H,3-4,13-22,27-36H2,1-2H3,(H,79,91)(H,80,92)(H2,77,81,97)(H2,78,82,98)/t37-,38-,41+,42+,53+,54+,59+,60+/m1/s1. The maximum atomic E-state index is 13.5. The first-order valence-corrected chi connectivity index (χ1v) is 38.4. The molecule has 0 saturated carbocycles. The number of halogens is 10. The van der Waals surface area contributed by atoms with E-state index in [4.69, 9.17) is 55.9 Å². The van der Waals surface area contributed by atoms with Crippen LogP contribution in [0.5, 0.6) is 11.5 Å². The lowest BCUT2D eigenvalue weighted by molar-refractivity contribution is -0.190. The van der Waals surface area contributed by atoms with Gasteiger partial charge in [0.2, 0.25) is 43.7 Å². The van der Waals surface area contributed by atoms with Crippen LogP contribution in [0.15, 0.2) is 82.6 Å². The minimum Gasteiger partial charge on any atom is -0.488 e. The molecule has 106 heavy (non-hydrogen) atoms. The van der Waals surface area contributed by atoms with Crippen LogP contribution in [0.1, 0.15) is 73.9 Å². The summed E-state index contributed by atoms with van der Waals surface area (Å²) in [5.41, 5.74) is 2.92. The second-order valence-corrected chi connectivity index (χ2v) is 31.6. The van der Waals surface area contributed by atoms with Crippen LogP contribution < -0.4 is 50.8 Å². The first-order chi connectivity index (χ1) is 50.0. The highest BCUT2D eigenvalue weighted by Crippen LogP contribution is 2.46. The molecule has 4 fully saturated rings. The molecule has 578 valence electrons. The molecule has 10 amide bonds. The second kappa shape index (κ2) is 34.3. The van der Waals surface area contributed by atoms with E-state index in [2.05, 4.69) is 41.3 Å². The Morgan fingerprint density at radius 2 is 0.849 bits per heavy atom. The molecule has 4 aromatic carbocycles. The number of nitrogens with one attached hydrogen (secondary N) is 8. The van der Waals surface area contributed by atoms with Crippen LogP contribution in [-0.2, 0) is 61.7 Å². The summed E-state index contributed by atoms with van der Waals surface area (Å²) in [6, 6.07) is 12.5. The number of benzene rings is 4. The first-order valence-electron chi connectivity index (χ1n) is 33.9. The van der Waals surface area contributed by atoms with Crippen molar-refractivity contribution in [3.8, 4) is 11.5 Å². The summed E-state index contributed by atoms with van der Waals surface area (Å²) in [5.74, 6) is -5.59. The number of nitrogens with zero attached hydrogens (tertiary/aromatic N) is 6. The molecule has 40 heteroatoms. The molecule has 0 unspecified atom stereocenters. The minimum atomic E-state index is -5.02. The van der Waals surface area contributed by atoms with Crippen molar-refractivity contribution in [3.63, 3.8) is 0 Å². The highest BCUT2D eigenvalue weighted by molar-refractivity contribution is 7.89. The Hall–Kier alpha value is -7.68. The van der Waals surface area contributed by atoms with Crippen LogP contribution >= 0.6 is 46.4 Å². The van der Waals surface area contributed by atoms with Gasteiger partial charge in [-0.1, -0.05) is 46.4 Å². The number of piperazine rings is 2. The van der Waals surface area contributed by atoms with E-state index < -0.39 is 155 Å². The van der Waals surface area contributed by atoms with E-state index in [0.717, 1.165) is 32.1 Å². The summed E-state index contributed by atoms with van der Waals surface area (Å²) in [7, 11) is -8.23. The molecule has 8 N–H and O–H groups in total. The summed E-state index contributed by atoms with van der Waals surface area (Å²) in [6.07, 6.45) is -9.36. The van der Waals surface area contributed by atoms with Gasteiger partial charge in [0.15, 0.2) is 0 Å². The number of hydrogen-bond donors (Lipinski definition) is 8. The maximum Gasteiger partial charge on any atom is 0.471 e. The van der Waals surface area contributed by atoms with E-state index in [1.165, 1.54) is 72.2 Å². The quantitative estimate of drug-likeness (QED) is 0.0331. The van der Waals surface area contributed by atoms with Crippen molar-refractivity contribution >= 4 is 114 Å². The van der Waals surface area contributed by atoms with Crippen LogP contribution in [0.3, 0.4) is 0 Å². The van der Waals surface area contributed by atoms with Gasteiger partial charge in [0, 0.05) is 136 Å². The third-order valence-corrected chi connectivity index (χ3v) is 23.3. The SMILES string of the molecule is C[C@@H]1CN([C@H]2c3cc(Cl)cc(Cl)c3C[C@@H]2Oc2ccc(S(=O)(=O)N[C@H]3CCN(C(=O)CNC(=O)CNC(=O)NCCCCNC(=O)NCC(=O)NCC(=O)N4CC[C@H](NS(=O)(=O)c5ccc(O[C@H]6Cc7c(Cl)cc(Cl)cc7[C@@H]6N6CCN(C(=O)C(F)(F)F)[C@H](C)C6)cc5)C4)C3)cc2)CCN1C(=O)C(F)(F)F. The minimum absolute atomic E-state index is 0.00470. The number of urea groups is 2. The van der Waals surface area contributed by atoms with Gasteiger partial charge in [-0.25, -0.2) is 35.9 Å². The van der Waals surface area contributed by atoms with Gasteiger partial charge in [-0.15, -0.1) is 0 Å². The largest absolute Gasteiger partial charge is 0.488 e. The van der Waals surface area contributed by atoms with Crippen LogP contribution in [0.25, 0.3) is 0 Å². The zero-order chi connectivity index (χ0) is 76.7. The molecule has 4 heterocycles. The molecule has 0 spiro atoms. The highest BCUT2D eigenvalue weighted by atomic mass is 35.5.